The second kappa shape index (κ2) is 6.67. The highest BCUT2D eigenvalue weighted by Gasteiger charge is 2.28. The molecule has 0 N–H and O–H groups in total. The zero-order valence-corrected chi connectivity index (χ0v) is 14.8. The minimum atomic E-state index is 0.0195. The number of nitrogens with zero attached hydrogens (tertiary/aromatic N) is 6. The summed E-state index contributed by atoms with van der Waals surface area (Å²) in [6, 6.07) is 0.181. The number of likely N-dealkylation sites (tertiary alicyclic amines) is 1. The fourth-order valence-electron chi connectivity index (χ4n) is 3.36. The Labute approximate surface area is 142 Å². The van der Waals surface area contributed by atoms with E-state index in [0.717, 1.165) is 43.1 Å². The summed E-state index contributed by atoms with van der Waals surface area (Å²) in [5, 5.41) is 4.49. The standard InChI is InChI=1S/C17H24N6O/c1-5-16-15(9-18-11(2)20-16)17(24)22-8-6-7-14(10-22)23-13(4)19-12(3)21-23/h9,14H,5-8,10H2,1-4H3/t14-/m0/s1. The summed E-state index contributed by atoms with van der Waals surface area (Å²) in [5.74, 6) is 2.40. The summed E-state index contributed by atoms with van der Waals surface area (Å²) in [6.07, 6.45) is 4.36. The zero-order valence-electron chi connectivity index (χ0n) is 14.8. The summed E-state index contributed by atoms with van der Waals surface area (Å²) in [7, 11) is 0. The SMILES string of the molecule is CCc1nc(C)ncc1C(=O)N1CCC[C@H](n2nc(C)nc2C)C1. The lowest BCUT2D eigenvalue weighted by Gasteiger charge is -2.33. The number of piperidine rings is 1. The molecule has 1 saturated heterocycles. The number of aromatic nitrogens is 5. The van der Waals surface area contributed by atoms with Gasteiger partial charge in [-0.3, -0.25) is 4.79 Å². The van der Waals surface area contributed by atoms with Gasteiger partial charge in [0.15, 0.2) is 0 Å². The van der Waals surface area contributed by atoms with E-state index in [-0.39, 0.29) is 11.9 Å². The molecular formula is C17H24N6O. The van der Waals surface area contributed by atoms with E-state index in [1.165, 1.54) is 0 Å². The van der Waals surface area contributed by atoms with Crippen LogP contribution in [0.4, 0.5) is 0 Å². The van der Waals surface area contributed by atoms with Crippen molar-refractivity contribution >= 4 is 5.91 Å². The van der Waals surface area contributed by atoms with E-state index in [9.17, 15) is 4.79 Å². The molecule has 2 aromatic rings. The average molecular weight is 328 g/mol. The zero-order chi connectivity index (χ0) is 17.3. The molecule has 1 aliphatic heterocycles. The first-order valence-corrected chi connectivity index (χ1v) is 8.51. The van der Waals surface area contributed by atoms with Gasteiger partial charge in [0.2, 0.25) is 0 Å². The maximum atomic E-state index is 13.0. The van der Waals surface area contributed by atoms with Crippen LogP contribution in [0.3, 0.4) is 0 Å². The van der Waals surface area contributed by atoms with E-state index < -0.39 is 0 Å². The Morgan fingerprint density at radius 3 is 2.71 bits per heavy atom. The minimum absolute atomic E-state index is 0.0195. The lowest BCUT2D eigenvalue weighted by Crippen LogP contribution is -2.41. The van der Waals surface area contributed by atoms with E-state index in [4.69, 9.17) is 0 Å². The topological polar surface area (TPSA) is 76.8 Å². The van der Waals surface area contributed by atoms with Crippen molar-refractivity contribution in [1.29, 1.82) is 0 Å². The number of rotatable bonds is 3. The molecule has 7 heteroatoms. The molecule has 24 heavy (non-hydrogen) atoms. The van der Waals surface area contributed by atoms with E-state index in [0.29, 0.717) is 17.9 Å². The molecule has 0 radical (unpaired) electrons. The van der Waals surface area contributed by atoms with E-state index in [2.05, 4.69) is 20.1 Å². The van der Waals surface area contributed by atoms with Crippen molar-refractivity contribution in [3.05, 3.63) is 34.9 Å². The van der Waals surface area contributed by atoms with Crippen LogP contribution in [-0.4, -0.2) is 48.6 Å². The number of hydrogen-bond donors (Lipinski definition) is 0. The summed E-state index contributed by atoms with van der Waals surface area (Å²) in [6.45, 7) is 9.13. The van der Waals surface area contributed by atoms with Gasteiger partial charge in [-0.2, -0.15) is 5.10 Å². The molecular weight excluding hydrogens is 304 g/mol. The van der Waals surface area contributed by atoms with Crippen molar-refractivity contribution in [3.8, 4) is 0 Å². The minimum Gasteiger partial charge on any atom is -0.336 e. The Hall–Kier alpha value is -2.31. The van der Waals surface area contributed by atoms with Crippen molar-refractivity contribution in [2.24, 2.45) is 0 Å². The normalized spacial score (nSPS) is 18.0. The van der Waals surface area contributed by atoms with Crippen LogP contribution in [-0.2, 0) is 6.42 Å². The number of amides is 1. The van der Waals surface area contributed by atoms with Gasteiger partial charge in [0, 0.05) is 19.3 Å². The molecule has 0 aliphatic carbocycles. The van der Waals surface area contributed by atoms with Gasteiger partial charge < -0.3 is 4.90 Å². The lowest BCUT2D eigenvalue weighted by molar-refractivity contribution is 0.0669. The smallest absolute Gasteiger partial charge is 0.257 e. The molecule has 0 spiro atoms. The summed E-state index contributed by atoms with van der Waals surface area (Å²) in [4.78, 5) is 27.9. The van der Waals surface area contributed by atoms with Crippen LogP contribution in [0.25, 0.3) is 0 Å². The fourth-order valence-corrected chi connectivity index (χ4v) is 3.36. The second-order valence-electron chi connectivity index (χ2n) is 6.33. The fraction of sp³-hybridized carbons (Fsp3) is 0.588. The third kappa shape index (κ3) is 3.16. The molecule has 0 unspecified atom stereocenters. The van der Waals surface area contributed by atoms with Crippen LogP contribution in [0.2, 0.25) is 0 Å². The molecule has 7 nitrogen and oxygen atoms in total. The van der Waals surface area contributed by atoms with Gasteiger partial charge in [-0.25, -0.2) is 19.6 Å². The van der Waals surface area contributed by atoms with Crippen LogP contribution in [0.15, 0.2) is 6.20 Å². The van der Waals surface area contributed by atoms with E-state index in [1.54, 1.807) is 6.20 Å². The largest absolute Gasteiger partial charge is 0.336 e. The first kappa shape index (κ1) is 16.5. The first-order chi connectivity index (χ1) is 11.5. The predicted octanol–water partition coefficient (Wildman–Crippen LogP) is 2.03. The van der Waals surface area contributed by atoms with Gasteiger partial charge in [-0.05, 0) is 40.0 Å². The molecule has 2 aromatic heterocycles. The molecule has 1 amide bonds. The van der Waals surface area contributed by atoms with Gasteiger partial charge in [0.25, 0.3) is 5.91 Å². The first-order valence-electron chi connectivity index (χ1n) is 8.51. The highest BCUT2D eigenvalue weighted by molar-refractivity contribution is 5.95. The lowest BCUT2D eigenvalue weighted by atomic mass is 10.0. The average Bonchev–Trinajstić information content (AvgIpc) is 2.92. The van der Waals surface area contributed by atoms with Crippen LogP contribution in [0, 0.1) is 20.8 Å². The van der Waals surface area contributed by atoms with E-state index >= 15 is 0 Å². The maximum absolute atomic E-state index is 13.0. The van der Waals surface area contributed by atoms with Gasteiger partial charge in [0.05, 0.1) is 17.3 Å². The van der Waals surface area contributed by atoms with Gasteiger partial charge in [-0.1, -0.05) is 6.92 Å². The number of aryl methyl sites for hydroxylation is 4. The van der Waals surface area contributed by atoms with Gasteiger partial charge in [0.1, 0.15) is 17.5 Å². The number of hydrogen-bond acceptors (Lipinski definition) is 5. The van der Waals surface area contributed by atoms with Gasteiger partial charge in [-0.15, -0.1) is 0 Å². The Morgan fingerprint density at radius 2 is 2.04 bits per heavy atom. The molecule has 0 saturated carbocycles. The van der Waals surface area contributed by atoms with Gasteiger partial charge >= 0.3 is 0 Å². The highest BCUT2D eigenvalue weighted by Crippen LogP contribution is 2.24. The highest BCUT2D eigenvalue weighted by atomic mass is 16.2. The molecule has 3 rings (SSSR count). The quantitative estimate of drug-likeness (QED) is 0.861. The van der Waals surface area contributed by atoms with Crippen molar-refractivity contribution < 1.29 is 4.79 Å². The third-order valence-corrected chi connectivity index (χ3v) is 4.49. The van der Waals surface area contributed by atoms with E-state index in [1.807, 2.05) is 37.3 Å². The van der Waals surface area contributed by atoms with Crippen molar-refractivity contribution in [1.82, 2.24) is 29.6 Å². The Morgan fingerprint density at radius 1 is 1.25 bits per heavy atom. The molecule has 128 valence electrons. The van der Waals surface area contributed by atoms with Crippen LogP contribution in [0.1, 0.15) is 59.3 Å². The summed E-state index contributed by atoms with van der Waals surface area (Å²) >= 11 is 0. The molecule has 3 heterocycles. The molecule has 1 atom stereocenters. The summed E-state index contributed by atoms with van der Waals surface area (Å²) in [5.41, 5.74) is 1.44. The van der Waals surface area contributed by atoms with Crippen molar-refractivity contribution in [2.45, 2.75) is 53.0 Å². The summed E-state index contributed by atoms with van der Waals surface area (Å²) < 4.78 is 1.96. The molecule has 0 aromatic carbocycles. The van der Waals surface area contributed by atoms with Crippen LogP contribution >= 0.6 is 0 Å². The second-order valence-corrected chi connectivity index (χ2v) is 6.33. The van der Waals surface area contributed by atoms with Crippen molar-refractivity contribution in [3.63, 3.8) is 0 Å². The Bertz CT molecular complexity index is 754. The van der Waals surface area contributed by atoms with Crippen LogP contribution < -0.4 is 0 Å². The third-order valence-electron chi connectivity index (χ3n) is 4.49. The van der Waals surface area contributed by atoms with Crippen LogP contribution in [0.5, 0.6) is 0 Å². The number of carbonyl (C=O) groups is 1. The molecule has 1 aliphatic rings. The molecule has 1 fully saturated rings. The van der Waals surface area contributed by atoms with Crippen molar-refractivity contribution in [2.75, 3.05) is 13.1 Å². The Kier molecular flexibility index (Phi) is 4.59. The number of carbonyl (C=O) groups excluding carboxylic acids is 1. The Balaban J connectivity index is 1.82. The predicted molar refractivity (Wildman–Crippen MR) is 89.8 cm³/mol. The maximum Gasteiger partial charge on any atom is 0.257 e. The monoisotopic (exact) mass is 328 g/mol. The molecule has 0 bridgehead atoms.